The number of amides is 1. The number of rotatable bonds is 4. The highest BCUT2D eigenvalue weighted by Crippen LogP contribution is 2.34. The number of nitrogens with one attached hydrogen (secondary N) is 1. The van der Waals surface area contributed by atoms with E-state index in [1.807, 2.05) is 24.9 Å². The van der Waals surface area contributed by atoms with Crippen LogP contribution < -0.4 is 5.32 Å². The number of carbonyl (C=O) groups is 1. The van der Waals surface area contributed by atoms with Crippen LogP contribution in [0.3, 0.4) is 0 Å². The molecule has 1 unspecified atom stereocenters. The summed E-state index contributed by atoms with van der Waals surface area (Å²) in [7, 11) is 1.94. The molecule has 2 aliphatic carbocycles. The Morgan fingerprint density at radius 3 is 3.04 bits per heavy atom. The summed E-state index contributed by atoms with van der Waals surface area (Å²) in [5, 5.41) is 8.82. The number of nitrogens with zero attached hydrogens (tertiary/aromatic N) is 3. The molecule has 6 heteroatoms. The molecule has 5 nitrogen and oxygen atoms in total. The van der Waals surface area contributed by atoms with Gasteiger partial charge in [-0.15, -0.1) is 11.3 Å². The number of carbonyl (C=O) groups excluding carboxylic acids is 1. The number of aromatic nitrogens is 3. The van der Waals surface area contributed by atoms with Gasteiger partial charge in [0.15, 0.2) is 0 Å². The third-order valence-corrected chi connectivity index (χ3v) is 5.91. The molecule has 2 aliphatic rings. The number of thiazole rings is 1. The van der Waals surface area contributed by atoms with Crippen molar-refractivity contribution in [2.45, 2.75) is 51.5 Å². The van der Waals surface area contributed by atoms with Crippen LogP contribution in [0.5, 0.6) is 0 Å². The Hall–Kier alpha value is -1.69. The van der Waals surface area contributed by atoms with E-state index in [0.29, 0.717) is 0 Å². The smallest absolute Gasteiger partial charge is 0.263 e. The predicted molar refractivity (Wildman–Crippen MR) is 89.6 cm³/mol. The summed E-state index contributed by atoms with van der Waals surface area (Å²) >= 11 is 1.57. The van der Waals surface area contributed by atoms with E-state index in [9.17, 15) is 4.79 Å². The fourth-order valence-corrected chi connectivity index (χ4v) is 4.44. The summed E-state index contributed by atoms with van der Waals surface area (Å²) < 4.78 is 1.85. The van der Waals surface area contributed by atoms with Gasteiger partial charge in [0.2, 0.25) is 0 Å². The van der Waals surface area contributed by atoms with Gasteiger partial charge in [-0.2, -0.15) is 5.10 Å². The minimum absolute atomic E-state index is 0.0174. The standard InChI is InChI=1S/C17H22N4OS/c1-10-16(23-15(18-10)8-11-6-7-11)17(22)19-13-4-3-5-14-12(13)9-21(2)20-14/h9,11,13H,3-8H2,1-2H3,(H,19,22). The van der Waals surface area contributed by atoms with E-state index in [0.717, 1.165) is 52.9 Å². The molecule has 2 aromatic rings. The molecule has 1 N–H and O–H groups in total. The summed E-state index contributed by atoms with van der Waals surface area (Å²) in [5.74, 6) is 0.816. The fourth-order valence-electron chi connectivity index (χ4n) is 3.36. The zero-order chi connectivity index (χ0) is 16.0. The first-order valence-electron chi connectivity index (χ1n) is 8.39. The second-order valence-corrected chi connectivity index (χ2v) is 7.88. The monoisotopic (exact) mass is 330 g/mol. The van der Waals surface area contributed by atoms with Crippen molar-refractivity contribution in [3.8, 4) is 0 Å². The number of hydrogen-bond donors (Lipinski definition) is 1. The Bertz CT molecular complexity index is 744. The van der Waals surface area contributed by atoms with E-state index in [2.05, 4.69) is 15.4 Å². The molecular formula is C17H22N4OS. The van der Waals surface area contributed by atoms with E-state index in [-0.39, 0.29) is 11.9 Å². The molecule has 0 spiro atoms. The van der Waals surface area contributed by atoms with Crippen molar-refractivity contribution in [3.05, 3.63) is 33.0 Å². The van der Waals surface area contributed by atoms with Gasteiger partial charge in [0.05, 0.1) is 22.4 Å². The van der Waals surface area contributed by atoms with Crippen molar-refractivity contribution in [1.29, 1.82) is 0 Å². The van der Waals surface area contributed by atoms with Crippen molar-refractivity contribution in [2.75, 3.05) is 0 Å². The first-order chi connectivity index (χ1) is 11.1. The van der Waals surface area contributed by atoms with Gasteiger partial charge in [-0.1, -0.05) is 0 Å². The summed E-state index contributed by atoms with van der Waals surface area (Å²) in [6, 6.07) is 0.0772. The van der Waals surface area contributed by atoms with E-state index in [4.69, 9.17) is 0 Å². The van der Waals surface area contributed by atoms with Crippen molar-refractivity contribution in [1.82, 2.24) is 20.1 Å². The molecule has 23 heavy (non-hydrogen) atoms. The van der Waals surface area contributed by atoms with Crippen LogP contribution >= 0.6 is 11.3 Å². The fraction of sp³-hybridized carbons (Fsp3) is 0.588. The van der Waals surface area contributed by atoms with Crippen molar-refractivity contribution >= 4 is 17.2 Å². The number of aryl methyl sites for hydroxylation is 3. The number of hydrogen-bond acceptors (Lipinski definition) is 4. The molecule has 1 saturated carbocycles. The molecule has 0 saturated heterocycles. The van der Waals surface area contributed by atoms with Gasteiger partial charge < -0.3 is 5.32 Å². The summed E-state index contributed by atoms with van der Waals surface area (Å²) in [6.07, 6.45) is 8.76. The van der Waals surface area contributed by atoms with E-state index >= 15 is 0 Å². The Balaban J connectivity index is 1.50. The van der Waals surface area contributed by atoms with Crippen LogP contribution in [-0.2, 0) is 19.9 Å². The molecule has 0 bridgehead atoms. The van der Waals surface area contributed by atoms with Gasteiger partial charge in [-0.25, -0.2) is 4.98 Å². The Kier molecular flexibility index (Phi) is 3.71. The lowest BCUT2D eigenvalue weighted by Crippen LogP contribution is -2.30. The van der Waals surface area contributed by atoms with Crippen LogP contribution in [0, 0.1) is 12.8 Å². The molecule has 1 fully saturated rings. The van der Waals surface area contributed by atoms with Gasteiger partial charge in [-0.3, -0.25) is 9.48 Å². The molecule has 2 heterocycles. The lowest BCUT2D eigenvalue weighted by atomic mass is 9.93. The van der Waals surface area contributed by atoms with Gasteiger partial charge in [0.25, 0.3) is 5.91 Å². The highest BCUT2D eigenvalue weighted by Gasteiger charge is 2.28. The van der Waals surface area contributed by atoms with Crippen LogP contribution in [0.4, 0.5) is 0 Å². The largest absolute Gasteiger partial charge is 0.344 e. The molecule has 122 valence electrons. The highest BCUT2D eigenvalue weighted by atomic mass is 32.1. The van der Waals surface area contributed by atoms with Crippen molar-refractivity contribution < 1.29 is 4.79 Å². The predicted octanol–water partition coefficient (Wildman–Crippen LogP) is 2.94. The molecule has 2 aromatic heterocycles. The molecule has 1 amide bonds. The first kappa shape index (κ1) is 14.9. The van der Waals surface area contributed by atoms with Crippen LogP contribution in [0.2, 0.25) is 0 Å². The first-order valence-corrected chi connectivity index (χ1v) is 9.21. The average Bonchev–Trinajstić information content (AvgIpc) is 3.11. The second kappa shape index (κ2) is 5.74. The minimum Gasteiger partial charge on any atom is -0.344 e. The third-order valence-electron chi connectivity index (χ3n) is 4.73. The molecule has 0 aliphatic heterocycles. The highest BCUT2D eigenvalue weighted by molar-refractivity contribution is 7.13. The van der Waals surface area contributed by atoms with Crippen LogP contribution in [-0.4, -0.2) is 20.7 Å². The SMILES string of the molecule is Cc1nc(CC2CC2)sc1C(=O)NC1CCCc2nn(C)cc21. The Morgan fingerprint density at radius 2 is 2.26 bits per heavy atom. The lowest BCUT2D eigenvalue weighted by Gasteiger charge is -2.22. The maximum atomic E-state index is 12.7. The van der Waals surface area contributed by atoms with Gasteiger partial charge in [-0.05, 0) is 44.9 Å². The van der Waals surface area contributed by atoms with E-state index < -0.39 is 0 Å². The van der Waals surface area contributed by atoms with Gasteiger partial charge in [0, 0.05) is 25.2 Å². The Labute approximate surface area is 140 Å². The van der Waals surface area contributed by atoms with Crippen LogP contribution in [0.1, 0.15) is 63.4 Å². The summed E-state index contributed by atoms with van der Waals surface area (Å²) in [4.78, 5) is 18.1. The normalized spacial score (nSPS) is 20.3. The summed E-state index contributed by atoms with van der Waals surface area (Å²) in [5.41, 5.74) is 3.16. The Morgan fingerprint density at radius 1 is 1.43 bits per heavy atom. The van der Waals surface area contributed by atoms with Crippen molar-refractivity contribution in [2.24, 2.45) is 13.0 Å². The second-order valence-electron chi connectivity index (χ2n) is 6.79. The van der Waals surface area contributed by atoms with Gasteiger partial charge >= 0.3 is 0 Å². The third kappa shape index (κ3) is 3.04. The molecule has 1 atom stereocenters. The maximum absolute atomic E-state index is 12.7. The minimum atomic E-state index is 0.0174. The van der Waals surface area contributed by atoms with Gasteiger partial charge in [0.1, 0.15) is 4.88 Å². The lowest BCUT2D eigenvalue weighted by molar-refractivity contribution is 0.0936. The molecule has 0 radical (unpaired) electrons. The number of fused-ring (bicyclic) bond motifs is 1. The van der Waals surface area contributed by atoms with Crippen LogP contribution in [0.15, 0.2) is 6.20 Å². The summed E-state index contributed by atoms with van der Waals surface area (Å²) in [6.45, 7) is 1.94. The average molecular weight is 330 g/mol. The molecule has 0 aromatic carbocycles. The zero-order valence-corrected chi connectivity index (χ0v) is 14.4. The topological polar surface area (TPSA) is 59.8 Å². The van der Waals surface area contributed by atoms with Crippen molar-refractivity contribution in [3.63, 3.8) is 0 Å². The quantitative estimate of drug-likeness (QED) is 0.937. The maximum Gasteiger partial charge on any atom is 0.263 e. The van der Waals surface area contributed by atoms with Crippen LogP contribution in [0.25, 0.3) is 0 Å². The van der Waals surface area contributed by atoms with E-state index in [1.54, 1.807) is 11.3 Å². The molecule has 4 rings (SSSR count). The zero-order valence-electron chi connectivity index (χ0n) is 13.6. The van der Waals surface area contributed by atoms with E-state index in [1.165, 1.54) is 18.4 Å². The molecular weight excluding hydrogens is 308 g/mol.